The second-order valence-electron chi connectivity index (χ2n) is 5.62. The monoisotopic (exact) mass is 291 g/mol. The Labute approximate surface area is 128 Å². The molecule has 3 aromatic rings. The topological polar surface area (TPSA) is 69.6 Å². The fourth-order valence-corrected chi connectivity index (χ4v) is 3.26. The van der Waals surface area contributed by atoms with E-state index < -0.39 is 0 Å². The second-order valence-corrected chi connectivity index (χ2v) is 5.62. The Morgan fingerprint density at radius 2 is 1.91 bits per heavy atom. The minimum Gasteiger partial charge on any atom is -0.383 e. The van der Waals surface area contributed by atoms with Crippen molar-refractivity contribution in [2.24, 2.45) is 0 Å². The van der Waals surface area contributed by atoms with Crippen LogP contribution in [0.15, 0.2) is 36.7 Å². The molecule has 4 rings (SSSR count). The number of nitrogens with zero attached hydrogens (tertiary/aromatic N) is 4. The van der Waals surface area contributed by atoms with E-state index in [0.29, 0.717) is 5.82 Å². The first kappa shape index (κ1) is 13.0. The number of hydrogen-bond acceptors (Lipinski definition) is 4. The van der Waals surface area contributed by atoms with Gasteiger partial charge in [-0.15, -0.1) is 0 Å². The zero-order chi connectivity index (χ0) is 15.1. The highest BCUT2D eigenvalue weighted by molar-refractivity contribution is 5.92. The molecule has 2 heterocycles. The molecule has 1 aromatic carbocycles. The van der Waals surface area contributed by atoms with Gasteiger partial charge in [-0.1, -0.05) is 30.3 Å². The summed E-state index contributed by atoms with van der Waals surface area (Å²) in [5, 5.41) is 5.60. The maximum atomic E-state index is 6.05. The van der Waals surface area contributed by atoms with Crippen molar-refractivity contribution in [3.05, 3.63) is 53.5 Å². The molecule has 5 heteroatoms. The molecular formula is C17H17N5. The third kappa shape index (κ3) is 1.89. The summed E-state index contributed by atoms with van der Waals surface area (Å²) in [5.74, 6) is 0.486. The Morgan fingerprint density at radius 3 is 2.59 bits per heavy atom. The maximum absolute atomic E-state index is 6.05. The minimum atomic E-state index is 0.285. The molecular weight excluding hydrogens is 274 g/mol. The highest BCUT2D eigenvalue weighted by Gasteiger charge is 2.26. The lowest BCUT2D eigenvalue weighted by molar-refractivity contribution is 0.486. The lowest BCUT2D eigenvalue weighted by Gasteiger charge is -2.10. The molecule has 0 aliphatic heterocycles. The molecule has 0 saturated heterocycles. The predicted octanol–water partition coefficient (Wildman–Crippen LogP) is 2.78. The van der Waals surface area contributed by atoms with Gasteiger partial charge in [0.2, 0.25) is 0 Å². The number of allylic oxidation sites excluding steroid dienone is 1. The largest absolute Gasteiger partial charge is 0.383 e. The van der Waals surface area contributed by atoms with Gasteiger partial charge in [0.15, 0.2) is 5.65 Å². The number of aromatic nitrogens is 4. The van der Waals surface area contributed by atoms with Gasteiger partial charge in [-0.3, -0.25) is 0 Å². The molecule has 1 aliphatic carbocycles. The number of rotatable bonds is 2. The fourth-order valence-electron chi connectivity index (χ4n) is 3.26. The zero-order valence-electron chi connectivity index (χ0n) is 12.4. The van der Waals surface area contributed by atoms with Gasteiger partial charge in [-0.05, 0) is 37.0 Å². The van der Waals surface area contributed by atoms with E-state index in [9.17, 15) is 0 Å². The minimum absolute atomic E-state index is 0.285. The lowest BCUT2D eigenvalue weighted by atomic mass is 10.1. The van der Waals surface area contributed by atoms with Crippen molar-refractivity contribution in [1.82, 2.24) is 19.7 Å². The quantitative estimate of drug-likeness (QED) is 0.788. The van der Waals surface area contributed by atoms with E-state index >= 15 is 0 Å². The smallest absolute Gasteiger partial charge is 0.164 e. The number of nitrogen functional groups attached to an aromatic ring is 1. The Kier molecular flexibility index (Phi) is 2.92. The Hall–Kier alpha value is -2.69. The second kappa shape index (κ2) is 4.94. The summed E-state index contributed by atoms with van der Waals surface area (Å²) in [6, 6.07) is 8.85. The first-order valence-electron chi connectivity index (χ1n) is 7.46. The Balaban J connectivity index is 1.85. The molecule has 110 valence electrons. The molecule has 22 heavy (non-hydrogen) atoms. The first-order chi connectivity index (χ1) is 10.8. The van der Waals surface area contributed by atoms with Crippen molar-refractivity contribution in [2.45, 2.75) is 25.8 Å². The number of benzene rings is 1. The van der Waals surface area contributed by atoms with Crippen LogP contribution in [-0.4, -0.2) is 19.7 Å². The van der Waals surface area contributed by atoms with Crippen LogP contribution in [-0.2, 0) is 12.8 Å². The summed E-state index contributed by atoms with van der Waals surface area (Å²) in [6.45, 7) is 1.97. The third-order valence-electron chi connectivity index (χ3n) is 4.25. The van der Waals surface area contributed by atoms with E-state index in [1.807, 2.05) is 23.8 Å². The average Bonchev–Trinajstić information content (AvgIpc) is 3.10. The van der Waals surface area contributed by atoms with Crippen molar-refractivity contribution < 1.29 is 0 Å². The highest BCUT2D eigenvalue weighted by atomic mass is 15.3. The summed E-state index contributed by atoms with van der Waals surface area (Å²) < 4.78 is 2.02. The van der Waals surface area contributed by atoms with Crippen LogP contribution in [0.4, 0.5) is 5.82 Å². The molecule has 0 radical (unpaired) electrons. The van der Waals surface area contributed by atoms with E-state index in [4.69, 9.17) is 10.8 Å². The number of anilines is 1. The number of fused-ring (bicyclic) bond motifs is 2. The van der Waals surface area contributed by atoms with Gasteiger partial charge in [-0.25, -0.2) is 14.6 Å². The molecule has 2 N–H and O–H groups in total. The molecule has 1 aliphatic rings. The van der Waals surface area contributed by atoms with Crippen molar-refractivity contribution >= 4 is 22.9 Å². The van der Waals surface area contributed by atoms with Crippen LogP contribution in [0.3, 0.4) is 0 Å². The van der Waals surface area contributed by atoms with Crippen LogP contribution in [0.25, 0.3) is 17.1 Å². The molecule has 5 nitrogen and oxygen atoms in total. The van der Waals surface area contributed by atoms with Gasteiger partial charge in [0.1, 0.15) is 12.1 Å². The summed E-state index contributed by atoms with van der Waals surface area (Å²) in [4.78, 5) is 8.54. The highest BCUT2D eigenvalue weighted by Crippen LogP contribution is 2.33. The zero-order valence-corrected chi connectivity index (χ0v) is 12.4. The van der Waals surface area contributed by atoms with Crippen LogP contribution < -0.4 is 5.73 Å². The van der Waals surface area contributed by atoms with Gasteiger partial charge >= 0.3 is 0 Å². The normalized spacial score (nSPS) is 15.0. The van der Waals surface area contributed by atoms with E-state index in [1.165, 1.54) is 17.5 Å². The SMILES string of the molecule is CC=Cc1nn(C2Cc3ccccc3C2)c2ncnc(N)c12. The van der Waals surface area contributed by atoms with Crippen LogP contribution in [0.2, 0.25) is 0 Å². The van der Waals surface area contributed by atoms with Gasteiger partial charge < -0.3 is 5.73 Å². The van der Waals surface area contributed by atoms with Crippen LogP contribution >= 0.6 is 0 Å². The van der Waals surface area contributed by atoms with E-state index in [1.54, 1.807) is 0 Å². The summed E-state index contributed by atoms with van der Waals surface area (Å²) in [7, 11) is 0. The predicted molar refractivity (Wildman–Crippen MR) is 87.3 cm³/mol. The third-order valence-corrected chi connectivity index (χ3v) is 4.25. The molecule has 0 unspecified atom stereocenters. The number of hydrogen-bond donors (Lipinski definition) is 1. The summed E-state index contributed by atoms with van der Waals surface area (Å²) in [6.07, 6.45) is 7.39. The lowest BCUT2D eigenvalue weighted by Crippen LogP contribution is -2.11. The first-order valence-corrected chi connectivity index (χ1v) is 7.46. The van der Waals surface area contributed by atoms with Crippen molar-refractivity contribution in [1.29, 1.82) is 0 Å². The molecule has 2 aromatic heterocycles. The fraction of sp³-hybridized carbons (Fsp3) is 0.235. The Bertz CT molecular complexity index is 853. The van der Waals surface area contributed by atoms with Gasteiger partial charge in [0.05, 0.1) is 17.1 Å². The standard InChI is InChI=1S/C17H17N5/c1-2-5-14-15-16(18)19-10-20-17(15)22(21-14)13-8-11-6-3-4-7-12(11)9-13/h2-7,10,13H,8-9H2,1H3,(H2,18,19,20). The molecule has 0 fully saturated rings. The Morgan fingerprint density at radius 1 is 1.18 bits per heavy atom. The van der Waals surface area contributed by atoms with Gasteiger partial charge in [0.25, 0.3) is 0 Å². The van der Waals surface area contributed by atoms with Crippen LogP contribution in [0, 0.1) is 0 Å². The van der Waals surface area contributed by atoms with Crippen molar-refractivity contribution in [3.8, 4) is 0 Å². The summed E-state index contributed by atoms with van der Waals surface area (Å²) in [5.41, 5.74) is 10.5. The summed E-state index contributed by atoms with van der Waals surface area (Å²) >= 11 is 0. The van der Waals surface area contributed by atoms with Crippen LogP contribution in [0.1, 0.15) is 29.8 Å². The van der Waals surface area contributed by atoms with Crippen molar-refractivity contribution in [2.75, 3.05) is 5.73 Å². The van der Waals surface area contributed by atoms with Crippen LogP contribution in [0.5, 0.6) is 0 Å². The van der Waals surface area contributed by atoms with E-state index in [-0.39, 0.29) is 6.04 Å². The molecule has 0 atom stereocenters. The van der Waals surface area contributed by atoms with Crippen molar-refractivity contribution in [3.63, 3.8) is 0 Å². The van der Waals surface area contributed by atoms with E-state index in [2.05, 4.69) is 34.2 Å². The molecule has 0 amide bonds. The average molecular weight is 291 g/mol. The van der Waals surface area contributed by atoms with Gasteiger partial charge in [-0.2, -0.15) is 5.10 Å². The molecule has 0 spiro atoms. The number of nitrogens with two attached hydrogens (primary N) is 1. The van der Waals surface area contributed by atoms with Gasteiger partial charge in [0, 0.05) is 0 Å². The molecule has 0 bridgehead atoms. The molecule has 0 saturated carbocycles. The van der Waals surface area contributed by atoms with E-state index in [0.717, 1.165) is 29.6 Å². The maximum Gasteiger partial charge on any atom is 0.164 e.